The van der Waals surface area contributed by atoms with E-state index in [0.29, 0.717) is 30.1 Å². The van der Waals surface area contributed by atoms with E-state index in [1.54, 1.807) is 15.9 Å². The fourth-order valence-electron chi connectivity index (χ4n) is 4.71. The minimum Gasteiger partial charge on any atom is -0.341 e. The standard InChI is InChI=1S/C21H27N3O3/c1-14-6-4-10-22(12-14)18(25)13-24-19-15(2)7-3-8-16(19)20(26)23-11-5-9-17(23)21(24)27/h3,7-8,14,17H,4-6,9-13H2,1-2H3/t14-,17-/m1/s1. The topological polar surface area (TPSA) is 60.9 Å². The van der Waals surface area contributed by atoms with Crippen LogP contribution in [0.3, 0.4) is 0 Å². The van der Waals surface area contributed by atoms with Crippen molar-refractivity contribution >= 4 is 23.4 Å². The predicted octanol–water partition coefficient (Wildman–Crippen LogP) is 2.20. The Bertz CT molecular complexity index is 791. The Morgan fingerprint density at radius 2 is 1.93 bits per heavy atom. The Balaban J connectivity index is 1.69. The zero-order valence-corrected chi connectivity index (χ0v) is 16.1. The largest absolute Gasteiger partial charge is 0.341 e. The van der Waals surface area contributed by atoms with Gasteiger partial charge in [-0.15, -0.1) is 0 Å². The fourth-order valence-corrected chi connectivity index (χ4v) is 4.71. The average Bonchev–Trinajstić information content (AvgIpc) is 3.12. The molecule has 2 fully saturated rings. The second-order valence-electron chi connectivity index (χ2n) is 8.14. The zero-order chi connectivity index (χ0) is 19.1. The van der Waals surface area contributed by atoms with Crippen molar-refractivity contribution in [1.82, 2.24) is 9.80 Å². The number of benzene rings is 1. The number of rotatable bonds is 2. The van der Waals surface area contributed by atoms with Gasteiger partial charge in [-0.2, -0.15) is 0 Å². The van der Waals surface area contributed by atoms with Gasteiger partial charge in [-0.3, -0.25) is 14.4 Å². The number of carbonyl (C=O) groups is 3. The van der Waals surface area contributed by atoms with Crippen LogP contribution >= 0.6 is 0 Å². The van der Waals surface area contributed by atoms with Gasteiger partial charge in [0, 0.05) is 19.6 Å². The Morgan fingerprint density at radius 1 is 1.15 bits per heavy atom. The lowest BCUT2D eigenvalue weighted by molar-refractivity contribution is -0.133. The number of piperidine rings is 1. The van der Waals surface area contributed by atoms with E-state index in [1.165, 1.54) is 0 Å². The molecule has 0 bridgehead atoms. The first kappa shape index (κ1) is 18.0. The van der Waals surface area contributed by atoms with Crippen LogP contribution in [0.15, 0.2) is 18.2 Å². The molecule has 3 aliphatic heterocycles. The number of anilines is 1. The highest BCUT2D eigenvalue weighted by molar-refractivity contribution is 6.13. The van der Waals surface area contributed by atoms with Crippen LogP contribution in [0.2, 0.25) is 0 Å². The number of likely N-dealkylation sites (tertiary alicyclic amines) is 1. The molecule has 3 aliphatic rings. The van der Waals surface area contributed by atoms with Gasteiger partial charge >= 0.3 is 0 Å². The molecule has 2 atom stereocenters. The van der Waals surface area contributed by atoms with Crippen molar-refractivity contribution < 1.29 is 14.4 Å². The summed E-state index contributed by atoms with van der Waals surface area (Å²) in [5.74, 6) is 0.254. The second kappa shape index (κ2) is 6.98. The van der Waals surface area contributed by atoms with Crippen molar-refractivity contribution in [2.75, 3.05) is 31.1 Å². The molecule has 4 rings (SSSR count). The average molecular weight is 369 g/mol. The Hall–Kier alpha value is -2.37. The SMILES string of the molecule is Cc1cccc2c1N(CC(=O)N1CCC[C@@H](C)C1)C(=O)[C@H]1CCCN1C2=O. The minimum atomic E-state index is -0.447. The Morgan fingerprint density at radius 3 is 2.70 bits per heavy atom. The summed E-state index contributed by atoms with van der Waals surface area (Å²) in [6.07, 6.45) is 3.64. The normalized spacial score (nSPS) is 25.3. The first-order valence-electron chi connectivity index (χ1n) is 9.97. The maximum atomic E-state index is 13.3. The highest BCUT2D eigenvalue weighted by Gasteiger charge is 2.43. The molecule has 0 saturated carbocycles. The molecular weight excluding hydrogens is 342 g/mol. The van der Waals surface area contributed by atoms with Crippen LogP contribution in [-0.2, 0) is 9.59 Å². The number of hydrogen-bond acceptors (Lipinski definition) is 3. The van der Waals surface area contributed by atoms with E-state index in [9.17, 15) is 14.4 Å². The predicted molar refractivity (Wildman–Crippen MR) is 103 cm³/mol. The van der Waals surface area contributed by atoms with Crippen molar-refractivity contribution in [2.24, 2.45) is 5.92 Å². The smallest absolute Gasteiger partial charge is 0.256 e. The summed E-state index contributed by atoms with van der Waals surface area (Å²) in [4.78, 5) is 44.5. The molecule has 27 heavy (non-hydrogen) atoms. The van der Waals surface area contributed by atoms with Gasteiger partial charge < -0.3 is 14.7 Å². The lowest BCUT2D eigenvalue weighted by atomic mass is 10.00. The molecule has 3 amide bonds. The molecule has 1 aromatic rings. The molecule has 0 spiro atoms. The van der Waals surface area contributed by atoms with Gasteiger partial charge in [0.05, 0.1) is 11.3 Å². The number of aryl methyl sites for hydroxylation is 1. The molecule has 6 nitrogen and oxygen atoms in total. The van der Waals surface area contributed by atoms with E-state index >= 15 is 0 Å². The fraction of sp³-hybridized carbons (Fsp3) is 0.571. The van der Waals surface area contributed by atoms with Crippen molar-refractivity contribution in [1.29, 1.82) is 0 Å². The monoisotopic (exact) mass is 369 g/mol. The number of nitrogens with zero attached hydrogens (tertiary/aromatic N) is 3. The first-order valence-corrected chi connectivity index (χ1v) is 9.97. The molecule has 0 aliphatic carbocycles. The molecular formula is C21H27N3O3. The maximum absolute atomic E-state index is 13.3. The Kier molecular flexibility index (Phi) is 4.66. The van der Waals surface area contributed by atoms with E-state index in [4.69, 9.17) is 0 Å². The van der Waals surface area contributed by atoms with Gasteiger partial charge in [0.15, 0.2) is 0 Å². The van der Waals surface area contributed by atoms with E-state index in [1.807, 2.05) is 24.0 Å². The highest BCUT2D eigenvalue weighted by Crippen LogP contribution is 2.34. The van der Waals surface area contributed by atoms with Crippen molar-refractivity contribution in [3.8, 4) is 0 Å². The quantitative estimate of drug-likeness (QED) is 0.803. The van der Waals surface area contributed by atoms with Gasteiger partial charge in [-0.05, 0) is 50.2 Å². The Labute approximate surface area is 160 Å². The molecule has 1 aromatic carbocycles. The highest BCUT2D eigenvalue weighted by atomic mass is 16.2. The molecule has 0 aromatic heterocycles. The summed E-state index contributed by atoms with van der Waals surface area (Å²) in [6.45, 7) is 6.17. The molecule has 0 radical (unpaired) electrons. The molecule has 0 unspecified atom stereocenters. The van der Waals surface area contributed by atoms with Gasteiger partial charge in [-0.1, -0.05) is 19.1 Å². The van der Waals surface area contributed by atoms with E-state index in [2.05, 4.69) is 6.92 Å². The second-order valence-corrected chi connectivity index (χ2v) is 8.14. The summed E-state index contributed by atoms with van der Waals surface area (Å²) in [5.41, 5.74) is 2.00. The van der Waals surface area contributed by atoms with Crippen LogP contribution in [-0.4, -0.2) is 59.7 Å². The lowest BCUT2D eigenvalue weighted by Gasteiger charge is -2.33. The first-order chi connectivity index (χ1) is 13.0. The number of fused-ring (bicyclic) bond motifs is 2. The third-order valence-electron chi connectivity index (χ3n) is 6.11. The van der Waals surface area contributed by atoms with Crippen LogP contribution in [0, 0.1) is 12.8 Å². The summed E-state index contributed by atoms with van der Waals surface area (Å²) < 4.78 is 0. The summed E-state index contributed by atoms with van der Waals surface area (Å²) >= 11 is 0. The van der Waals surface area contributed by atoms with Crippen LogP contribution in [0.4, 0.5) is 5.69 Å². The van der Waals surface area contributed by atoms with Crippen molar-refractivity contribution in [3.05, 3.63) is 29.3 Å². The van der Waals surface area contributed by atoms with Crippen LogP contribution in [0.1, 0.15) is 48.5 Å². The minimum absolute atomic E-state index is 0.0149. The van der Waals surface area contributed by atoms with E-state index in [-0.39, 0.29) is 24.3 Å². The van der Waals surface area contributed by atoms with Crippen LogP contribution in [0.5, 0.6) is 0 Å². The number of amides is 3. The van der Waals surface area contributed by atoms with Crippen LogP contribution in [0.25, 0.3) is 0 Å². The van der Waals surface area contributed by atoms with Crippen LogP contribution < -0.4 is 4.90 Å². The van der Waals surface area contributed by atoms with Crippen molar-refractivity contribution in [3.63, 3.8) is 0 Å². The van der Waals surface area contributed by atoms with Crippen molar-refractivity contribution in [2.45, 2.75) is 45.6 Å². The van der Waals surface area contributed by atoms with Gasteiger partial charge in [-0.25, -0.2) is 0 Å². The molecule has 144 valence electrons. The number of hydrogen-bond donors (Lipinski definition) is 0. The summed E-state index contributed by atoms with van der Waals surface area (Å²) in [7, 11) is 0. The van der Waals surface area contributed by atoms with E-state index < -0.39 is 6.04 Å². The summed E-state index contributed by atoms with van der Waals surface area (Å²) in [5, 5.41) is 0. The lowest BCUT2D eigenvalue weighted by Crippen LogP contribution is -2.50. The molecule has 2 saturated heterocycles. The van der Waals surface area contributed by atoms with E-state index in [0.717, 1.165) is 37.9 Å². The van der Waals surface area contributed by atoms with Gasteiger partial charge in [0.1, 0.15) is 12.6 Å². The van der Waals surface area contributed by atoms with Gasteiger partial charge in [0.2, 0.25) is 11.8 Å². The number of para-hydroxylation sites is 1. The molecule has 3 heterocycles. The molecule has 0 N–H and O–H groups in total. The third kappa shape index (κ3) is 3.11. The molecule has 6 heteroatoms. The number of carbonyl (C=O) groups excluding carboxylic acids is 3. The maximum Gasteiger partial charge on any atom is 0.256 e. The third-order valence-corrected chi connectivity index (χ3v) is 6.11. The zero-order valence-electron chi connectivity index (χ0n) is 16.1. The van der Waals surface area contributed by atoms with Gasteiger partial charge in [0.25, 0.3) is 5.91 Å². The summed E-state index contributed by atoms with van der Waals surface area (Å²) in [6, 6.07) is 5.08.